The van der Waals surface area contributed by atoms with Crippen molar-refractivity contribution in [1.82, 2.24) is 5.32 Å². The summed E-state index contributed by atoms with van der Waals surface area (Å²) in [6.07, 6.45) is 2.07. The minimum absolute atomic E-state index is 0.0360. The zero-order chi connectivity index (χ0) is 13.5. The van der Waals surface area contributed by atoms with E-state index in [0.717, 1.165) is 25.0 Å². The third-order valence-corrected chi connectivity index (χ3v) is 2.79. The molecule has 0 amide bonds. The van der Waals surface area contributed by atoms with Crippen LogP contribution in [0.1, 0.15) is 32.3 Å². The quantitative estimate of drug-likeness (QED) is 0.728. The molecule has 0 aliphatic carbocycles. The Morgan fingerprint density at radius 2 is 1.94 bits per heavy atom. The highest BCUT2D eigenvalue weighted by molar-refractivity contribution is 5.21. The lowest BCUT2D eigenvalue weighted by atomic mass is 9.99. The van der Waals surface area contributed by atoms with E-state index in [2.05, 4.69) is 18.8 Å². The van der Waals surface area contributed by atoms with Gasteiger partial charge in [0.2, 0.25) is 0 Å². The highest BCUT2D eigenvalue weighted by atomic mass is 19.1. The van der Waals surface area contributed by atoms with Crippen LogP contribution in [-0.4, -0.2) is 12.6 Å². The van der Waals surface area contributed by atoms with Crippen molar-refractivity contribution in [2.45, 2.75) is 39.2 Å². The van der Waals surface area contributed by atoms with E-state index in [1.165, 1.54) is 18.2 Å². The Kier molecular flexibility index (Phi) is 5.99. The molecule has 3 heteroatoms. The van der Waals surface area contributed by atoms with Gasteiger partial charge in [-0.05, 0) is 44.9 Å². The number of hydrogen-bond acceptors (Lipinski definition) is 1. The minimum Gasteiger partial charge on any atom is -0.313 e. The number of nitrogens with one attached hydrogen (secondary N) is 1. The van der Waals surface area contributed by atoms with Crippen LogP contribution < -0.4 is 5.32 Å². The summed E-state index contributed by atoms with van der Waals surface area (Å²) in [5.41, 5.74) is 1.17. The van der Waals surface area contributed by atoms with E-state index in [1.807, 2.05) is 6.92 Å². The predicted octanol–water partition coefficient (Wildman–Crippen LogP) is 3.84. The number of benzene rings is 1. The molecule has 0 fully saturated rings. The average molecular weight is 253 g/mol. The first kappa shape index (κ1) is 14.8. The summed E-state index contributed by atoms with van der Waals surface area (Å²) in [6.45, 7) is 8.70. The van der Waals surface area contributed by atoms with Crippen molar-refractivity contribution in [3.63, 3.8) is 0 Å². The fraction of sp³-hybridized carbons (Fsp3) is 0.467. The Morgan fingerprint density at radius 1 is 1.33 bits per heavy atom. The van der Waals surface area contributed by atoms with Gasteiger partial charge in [-0.3, -0.25) is 0 Å². The van der Waals surface area contributed by atoms with Gasteiger partial charge >= 0.3 is 0 Å². The fourth-order valence-electron chi connectivity index (χ4n) is 1.96. The summed E-state index contributed by atoms with van der Waals surface area (Å²) in [5.74, 6) is -0.944. The largest absolute Gasteiger partial charge is 0.313 e. The molecule has 0 aliphatic rings. The minimum atomic E-state index is -0.472. The summed E-state index contributed by atoms with van der Waals surface area (Å²) in [6, 6.07) is 4.03. The molecule has 0 bridgehead atoms. The average Bonchev–Trinajstić information content (AvgIpc) is 2.30. The molecule has 0 aliphatic heterocycles. The van der Waals surface area contributed by atoms with Gasteiger partial charge in [0.25, 0.3) is 0 Å². The van der Waals surface area contributed by atoms with Gasteiger partial charge in [0.1, 0.15) is 11.6 Å². The first-order valence-corrected chi connectivity index (χ1v) is 6.35. The van der Waals surface area contributed by atoms with Crippen molar-refractivity contribution in [3.8, 4) is 0 Å². The highest BCUT2D eigenvalue weighted by Crippen LogP contribution is 2.16. The summed E-state index contributed by atoms with van der Waals surface area (Å²) in [4.78, 5) is 0. The van der Waals surface area contributed by atoms with Crippen LogP contribution >= 0.6 is 0 Å². The second-order valence-electron chi connectivity index (χ2n) is 4.72. The van der Waals surface area contributed by atoms with Crippen LogP contribution in [0.5, 0.6) is 0 Å². The van der Waals surface area contributed by atoms with Crippen LogP contribution in [0, 0.1) is 11.6 Å². The summed E-state index contributed by atoms with van der Waals surface area (Å²) in [5, 5.41) is 3.31. The zero-order valence-corrected chi connectivity index (χ0v) is 11.1. The molecule has 18 heavy (non-hydrogen) atoms. The van der Waals surface area contributed by atoms with Crippen molar-refractivity contribution in [1.29, 1.82) is 0 Å². The third-order valence-electron chi connectivity index (χ3n) is 2.79. The molecule has 0 saturated heterocycles. The van der Waals surface area contributed by atoms with Gasteiger partial charge in [-0.15, -0.1) is 6.58 Å². The van der Waals surface area contributed by atoms with Crippen LogP contribution in [0.3, 0.4) is 0 Å². The highest BCUT2D eigenvalue weighted by Gasteiger charge is 2.15. The maximum atomic E-state index is 13.6. The van der Waals surface area contributed by atoms with Gasteiger partial charge in [-0.2, -0.15) is 0 Å². The molecular weight excluding hydrogens is 232 g/mol. The normalized spacial score (nSPS) is 12.4. The van der Waals surface area contributed by atoms with Gasteiger partial charge in [-0.25, -0.2) is 8.78 Å². The van der Waals surface area contributed by atoms with Crippen LogP contribution in [0.2, 0.25) is 0 Å². The number of rotatable bonds is 7. The second-order valence-corrected chi connectivity index (χ2v) is 4.72. The molecule has 1 N–H and O–H groups in total. The van der Waals surface area contributed by atoms with E-state index in [9.17, 15) is 8.78 Å². The van der Waals surface area contributed by atoms with E-state index in [-0.39, 0.29) is 11.6 Å². The number of hydrogen-bond donors (Lipinski definition) is 1. The summed E-state index contributed by atoms with van der Waals surface area (Å²) < 4.78 is 27.2. The Bertz CT molecular complexity index is 381. The van der Waals surface area contributed by atoms with Crippen LogP contribution in [0.4, 0.5) is 8.78 Å². The van der Waals surface area contributed by atoms with Crippen LogP contribution in [0.15, 0.2) is 30.4 Å². The lowest BCUT2D eigenvalue weighted by molar-refractivity contribution is 0.474. The van der Waals surface area contributed by atoms with Crippen molar-refractivity contribution >= 4 is 0 Å². The molecule has 0 spiro atoms. The van der Waals surface area contributed by atoms with E-state index in [1.54, 1.807) is 0 Å². The first-order valence-electron chi connectivity index (χ1n) is 6.35. The van der Waals surface area contributed by atoms with E-state index in [0.29, 0.717) is 6.42 Å². The van der Waals surface area contributed by atoms with E-state index in [4.69, 9.17) is 0 Å². The van der Waals surface area contributed by atoms with Crippen molar-refractivity contribution in [3.05, 3.63) is 47.5 Å². The molecule has 1 aromatic carbocycles. The Balaban J connectivity index is 2.78. The predicted molar refractivity (Wildman–Crippen MR) is 71.6 cm³/mol. The molecule has 1 rings (SSSR count). The standard InChI is InChI=1S/C15H21F2N/c1-4-8-18-12(9-11(2)3)10-13-14(16)6-5-7-15(13)17/h5-7,12,18H,2,4,8-10H2,1,3H3. The molecule has 0 radical (unpaired) electrons. The Hall–Kier alpha value is -1.22. The molecule has 0 saturated carbocycles. The van der Waals surface area contributed by atoms with Gasteiger partial charge in [0, 0.05) is 11.6 Å². The molecule has 1 unspecified atom stereocenters. The van der Waals surface area contributed by atoms with Crippen molar-refractivity contribution in [2.24, 2.45) is 0 Å². The van der Waals surface area contributed by atoms with Gasteiger partial charge in [0.15, 0.2) is 0 Å². The SMILES string of the molecule is C=C(C)CC(Cc1c(F)cccc1F)NCCC. The van der Waals surface area contributed by atoms with Gasteiger partial charge in [0.05, 0.1) is 0 Å². The smallest absolute Gasteiger partial charge is 0.129 e. The molecule has 100 valence electrons. The summed E-state index contributed by atoms with van der Waals surface area (Å²) in [7, 11) is 0. The third kappa shape index (κ3) is 4.57. The van der Waals surface area contributed by atoms with E-state index >= 15 is 0 Å². The van der Waals surface area contributed by atoms with Crippen molar-refractivity contribution < 1.29 is 8.78 Å². The van der Waals surface area contributed by atoms with Crippen molar-refractivity contribution in [2.75, 3.05) is 6.54 Å². The Morgan fingerprint density at radius 3 is 2.44 bits per heavy atom. The monoisotopic (exact) mass is 253 g/mol. The number of halogens is 2. The van der Waals surface area contributed by atoms with E-state index < -0.39 is 11.6 Å². The molecule has 0 heterocycles. The lowest BCUT2D eigenvalue weighted by Gasteiger charge is -2.19. The summed E-state index contributed by atoms with van der Waals surface area (Å²) >= 11 is 0. The maximum Gasteiger partial charge on any atom is 0.129 e. The second kappa shape index (κ2) is 7.27. The fourth-order valence-corrected chi connectivity index (χ4v) is 1.96. The molecule has 0 aromatic heterocycles. The van der Waals surface area contributed by atoms with Gasteiger partial charge in [-0.1, -0.05) is 18.6 Å². The Labute approximate surface area is 108 Å². The van der Waals surface area contributed by atoms with Gasteiger partial charge < -0.3 is 5.32 Å². The maximum absolute atomic E-state index is 13.6. The molecule has 1 aromatic rings. The first-order chi connectivity index (χ1) is 8.54. The topological polar surface area (TPSA) is 12.0 Å². The molecular formula is C15H21F2N. The van der Waals surface area contributed by atoms with Crippen LogP contribution in [-0.2, 0) is 6.42 Å². The molecule has 1 nitrogen and oxygen atoms in total. The zero-order valence-electron chi connectivity index (χ0n) is 11.1. The molecule has 1 atom stereocenters. The lowest BCUT2D eigenvalue weighted by Crippen LogP contribution is -2.32. The van der Waals surface area contributed by atoms with Crippen LogP contribution in [0.25, 0.3) is 0 Å².